The number of aliphatic hydroxyl groups is 1. The zero-order valence-electron chi connectivity index (χ0n) is 13.8. The lowest BCUT2D eigenvalue weighted by Crippen LogP contribution is -2.42. The summed E-state index contributed by atoms with van der Waals surface area (Å²) in [6.45, 7) is 1.54. The summed E-state index contributed by atoms with van der Waals surface area (Å²) in [7, 11) is 0. The Labute approximate surface area is 144 Å². The zero-order chi connectivity index (χ0) is 18.0. The zero-order valence-corrected chi connectivity index (χ0v) is 13.8. The maximum absolute atomic E-state index is 13.0. The minimum Gasteiger partial charge on any atom is -0.393 e. The molecule has 2 heterocycles. The molecule has 0 amide bonds. The Balaban J connectivity index is 1.81. The average molecular weight is 351 g/mol. The third kappa shape index (κ3) is 4.48. The lowest BCUT2D eigenvalue weighted by Gasteiger charge is -2.38. The fraction of sp³-hybridized carbons (Fsp3) is 0.444. The standard InChI is InChI=1S/C18H20F3N3O/c1-11-6-13(18(19,20)21)9-17(23-11)24-16(12-7-15(25)8-12)10-14-4-2-3-5-22-14/h2-6,9,12,15-16,25H,7-8,10H2,1H3,(H,23,24)/t12?,15?,16-/m1/s1. The van der Waals surface area contributed by atoms with Crippen LogP contribution in [0.3, 0.4) is 0 Å². The van der Waals surface area contributed by atoms with Gasteiger partial charge in [-0.15, -0.1) is 0 Å². The molecule has 2 aromatic rings. The maximum Gasteiger partial charge on any atom is 0.416 e. The smallest absolute Gasteiger partial charge is 0.393 e. The molecule has 1 aliphatic rings. The van der Waals surface area contributed by atoms with E-state index in [4.69, 9.17) is 0 Å². The molecule has 25 heavy (non-hydrogen) atoms. The number of aromatic nitrogens is 2. The van der Waals surface area contributed by atoms with Gasteiger partial charge in [0, 0.05) is 30.0 Å². The third-order valence-corrected chi connectivity index (χ3v) is 4.49. The van der Waals surface area contributed by atoms with Crippen molar-refractivity contribution in [2.24, 2.45) is 5.92 Å². The summed E-state index contributed by atoms with van der Waals surface area (Å²) in [5, 5.41) is 12.7. The highest BCUT2D eigenvalue weighted by Crippen LogP contribution is 2.34. The molecule has 7 heteroatoms. The number of rotatable bonds is 5. The molecule has 0 saturated heterocycles. The van der Waals surface area contributed by atoms with Gasteiger partial charge in [0.1, 0.15) is 5.82 Å². The van der Waals surface area contributed by atoms with Crippen LogP contribution in [0, 0.1) is 12.8 Å². The quantitative estimate of drug-likeness (QED) is 0.864. The number of halogens is 3. The lowest BCUT2D eigenvalue weighted by molar-refractivity contribution is -0.137. The van der Waals surface area contributed by atoms with E-state index in [1.807, 2.05) is 18.2 Å². The molecule has 0 unspecified atom stereocenters. The molecule has 1 atom stereocenters. The number of aliphatic hydroxyl groups excluding tert-OH is 1. The summed E-state index contributed by atoms with van der Waals surface area (Å²) < 4.78 is 39.1. The first kappa shape index (κ1) is 17.7. The third-order valence-electron chi connectivity index (χ3n) is 4.49. The van der Waals surface area contributed by atoms with Crippen molar-refractivity contribution in [1.82, 2.24) is 9.97 Å². The highest BCUT2D eigenvalue weighted by molar-refractivity contribution is 5.42. The molecule has 0 bridgehead atoms. The highest BCUT2D eigenvalue weighted by Gasteiger charge is 2.35. The Morgan fingerprint density at radius 2 is 2.04 bits per heavy atom. The first-order chi connectivity index (χ1) is 11.8. The van der Waals surface area contributed by atoms with E-state index in [0.29, 0.717) is 25.0 Å². The Kier molecular flexibility index (Phi) is 4.94. The van der Waals surface area contributed by atoms with Crippen LogP contribution >= 0.6 is 0 Å². The van der Waals surface area contributed by atoms with Crippen molar-refractivity contribution in [3.05, 3.63) is 53.5 Å². The molecule has 134 valence electrons. The second kappa shape index (κ2) is 7.00. The first-order valence-electron chi connectivity index (χ1n) is 8.21. The van der Waals surface area contributed by atoms with Crippen molar-refractivity contribution >= 4 is 5.82 Å². The monoisotopic (exact) mass is 351 g/mol. The van der Waals surface area contributed by atoms with Gasteiger partial charge in [-0.05, 0) is 49.9 Å². The number of alkyl halides is 3. The van der Waals surface area contributed by atoms with Crippen molar-refractivity contribution in [1.29, 1.82) is 0 Å². The summed E-state index contributed by atoms with van der Waals surface area (Å²) in [6.07, 6.45) is -1.24. The van der Waals surface area contributed by atoms with Gasteiger partial charge in [0.15, 0.2) is 0 Å². The number of anilines is 1. The molecule has 1 fully saturated rings. The van der Waals surface area contributed by atoms with Crippen LogP contribution in [0.4, 0.5) is 19.0 Å². The topological polar surface area (TPSA) is 58.0 Å². The van der Waals surface area contributed by atoms with Crippen LogP contribution in [-0.4, -0.2) is 27.2 Å². The maximum atomic E-state index is 13.0. The molecule has 1 aliphatic carbocycles. The second-order valence-corrected chi connectivity index (χ2v) is 6.54. The van der Waals surface area contributed by atoms with Gasteiger partial charge in [0.25, 0.3) is 0 Å². The molecule has 0 spiro atoms. The molecule has 3 rings (SSSR count). The van der Waals surface area contributed by atoms with E-state index in [-0.39, 0.29) is 23.9 Å². The van der Waals surface area contributed by atoms with Crippen LogP contribution in [0.15, 0.2) is 36.5 Å². The van der Waals surface area contributed by atoms with Crippen LogP contribution < -0.4 is 5.32 Å². The van der Waals surface area contributed by atoms with Gasteiger partial charge < -0.3 is 10.4 Å². The van der Waals surface area contributed by atoms with Crippen LogP contribution in [0.5, 0.6) is 0 Å². The minimum atomic E-state index is -4.41. The van der Waals surface area contributed by atoms with Gasteiger partial charge in [-0.2, -0.15) is 13.2 Å². The number of aryl methyl sites for hydroxylation is 1. The second-order valence-electron chi connectivity index (χ2n) is 6.54. The number of nitrogens with zero attached hydrogens (tertiary/aromatic N) is 2. The predicted octanol–water partition coefficient (Wildman–Crippen LogP) is 3.60. The van der Waals surface area contributed by atoms with Gasteiger partial charge in [-0.25, -0.2) is 4.98 Å². The van der Waals surface area contributed by atoms with Crippen molar-refractivity contribution in [2.45, 2.75) is 44.5 Å². The van der Waals surface area contributed by atoms with Crippen molar-refractivity contribution < 1.29 is 18.3 Å². The summed E-state index contributed by atoms with van der Waals surface area (Å²) in [5.41, 5.74) is 0.445. The number of nitrogens with one attached hydrogen (secondary N) is 1. The van der Waals surface area contributed by atoms with Crippen LogP contribution in [0.25, 0.3) is 0 Å². The summed E-state index contributed by atoms with van der Waals surface area (Å²) in [4.78, 5) is 8.49. The van der Waals surface area contributed by atoms with Crippen molar-refractivity contribution in [3.8, 4) is 0 Å². The molecule has 0 radical (unpaired) electrons. The largest absolute Gasteiger partial charge is 0.416 e. The Hall–Kier alpha value is -2.15. The first-order valence-corrected chi connectivity index (χ1v) is 8.21. The Bertz CT molecular complexity index is 715. The summed E-state index contributed by atoms with van der Waals surface area (Å²) in [5.74, 6) is 0.378. The van der Waals surface area contributed by atoms with Crippen molar-refractivity contribution in [2.75, 3.05) is 5.32 Å². The number of pyridine rings is 2. The van der Waals surface area contributed by atoms with Gasteiger partial charge in [-0.3, -0.25) is 4.98 Å². The number of hydrogen-bond acceptors (Lipinski definition) is 4. The van der Waals surface area contributed by atoms with Crippen LogP contribution in [0.1, 0.15) is 29.8 Å². The van der Waals surface area contributed by atoms with Gasteiger partial charge in [-0.1, -0.05) is 6.07 Å². The normalized spacial score (nSPS) is 21.5. The van der Waals surface area contributed by atoms with E-state index < -0.39 is 11.7 Å². The summed E-state index contributed by atoms with van der Waals surface area (Å²) >= 11 is 0. The fourth-order valence-electron chi connectivity index (χ4n) is 3.13. The van der Waals surface area contributed by atoms with E-state index in [0.717, 1.165) is 17.8 Å². The molecule has 0 aromatic carbocycles. The van der Waals surface area contributed by atoms with Crippen molar-refractivity contribution in [3.63, 3.8) is 0 Å². The Morgan fingerprint density at radius 1 is 1.28 bits per heavy atom. The van der Waals surface area contributed by atoms with E-state index >= 15 is 0 Å². The molecule has 1 saturated carbocycles. The predicted molar refractivity (Wildman–Crippen MR) is 88.1 cm³/mol. The number of hydrogen-bond donors (Lipinski definition) is 2. The van der Waals surface area contributed by atoms with Gasteiger partial charge in [0.2, 0.25) is 0 Å². The molecular weight excluding hydrogens is 331 g/mol. The van der Waals surface area contributed by atoms with Gasteiger partial charge in [0.05, 0.1) is 11.7 Å². The van der Waals surface area contributed by atoms with Gasteiger partial charge >= 0.3 is 6.18 Å². The van der Waals surface area contributed by atoms with E-state index in [1.165, 1.54) is 0 Å². The lowest BCUT2D eigenvalue weighted by atomic mass is 9.76. The van der Waals surface area contributed by atoms with Crippen LogP contribution in [-0.2, 0) is 12.6 Å². The fourth-order valence-corrected chi connectivity index (χ4v) is 3.13. The summed E-state index contributed by atoms with van der Waals surface area (Å²) in [6, 6.07) is 7.51. The molecule has 2 N–H and O–H groups in total. The SMILES string of the molecule is Cc1cc(C(F)(F)F)cc(N[C@H](Cc2ccccn2)C2CC(O)C2)n1. The van der Waals surface area contributed by atoms with E-state index in [9.17, 15) is 18.3 Å². The molecular formula is C18H20F3N3O. The minimum absolute atomic E-state index is 0.131. The van der Waals surface area contributed by atoms with E-state index in [1.54, 1.807) is 13.1 Å². The molecule has 0 aliphatic heterocycles. The Morgan fingerprint density at radius 3 is 2.64 bits per heavy atom. The van der Waals surface area contributed by atoms with Crippen LogP contribution in [0.2, 0.25) is 0 Å². The molecule has 4 nitrogen and oxygen atoms in total. The van der Waals surface area contributed by atoms with E-state index in [2.05, 4.69) is 15.3 Å². The molecule has 2 aromatic heterocycles. The average Bonchev–Trinajstić information content (AvgIpc) is 2.51. The highest BCUT2D eigenvalue weighted by atomic mass is 19.4.